The van der Waals surface area contributed by atoms with Crippen molar-refractivity contribution in [1.82, 2.24) is 9.88 Å². The molecule has 4 aromatic rings. The Morgan fingerprint density at radius 1 is 0.812 bits per heavy atom. The van der Waals surface area contributed by atoms with E-state index in [2.05, 4.69) is 52.3 Å². The Morgan fingerprint density at radius 3 is 2.28 bits per heavy atom. The van der Waals surface area contributed by atoms with Gasteiger partial charge < -0.3 is 4.98 Å². The number of nitrogens with one attached hydrogen (secondary N) is 1. The van der Waals surface area contributed by atoms with Crippen molar-refractivity contribution in [2.75, 3.05) is 11.4 Å². The summed E-state index contributed by atoms with van der Waals surface area (Å²) in [6.07, 6.45) is 0.213. The van der Waals surface area contributed by atoms with E-state index in [1.807, 2.05) is 42.5 Å². The van der Waals surface area contributed by atoms with Gasteiger partial charge >= 0.3 is 0 Å². The topological polar surface area (TPSA) is 56.4 Å². The second-order valence-corrected chi connectivity index (χ2v) is 8.58. The highest BCUT2D eigenvalue weighted by molar-refractivity contribution is 6.22. The van der Waals surface area contributed by atoms with Crippen molar-refractivity contribution in [2.24, 2.45) is 0 Å². The molecule has 1 aromatic heterocycles. The fourth-order valence-corrected chi connectivity index (χ4v) is 5.28. The first-order valence-electron chi connectivity index (χ1n) is 11.0. The maximum absolute atomic E-state index is 13.4. The number of fused-ring (bicyclic) bond motifs is 3. The van der Waals surface area contributed by atoms with Gasteiger partial charge in [-0.15, -0.1) is 0 Å². The Morgan fingerprint density at radius 2 is 1.50 bits per heavy atom. The summed E-state index contributed by atoms with van der Waals surface area (Å²) in [5, 5.41) is 1.23. The number of imide groups is 1. The number of amides is 2. The number of para-hydroxylation sites is 2. The van der Waals surface area contributed by atoms with Gasteiger partial charge in [0, 0.05) is 35.6 Å². The number of hydrogen-bond acceptors (Lipinski definition) is 3. The third-order valence-corrected chi connectivity index (χ3v) is 6.73. The van der Waals surface area contributed by atoms with E-state index in [4.69, 9.17) is 0 Å². The Labute approximate surface area is 186 Å². The number of hydrogen-bond donors (Lipinski definition) is 1. The molecular weight excluding hydrogens is 398 g/mol. The number of aromatic nitrogens is 1. The summed E-state index contributed by atoms with van der Waals surface area (Å²) in [7, 11) is 0. The van der Waals surface area contributed by atoms with E-state index in [1.165, 1.54) is 21.4 Å². The fourth-order valence-electron chi connectivity index (χ4n) is 5.28. The number of carbonyl (C=O) groups excluding carboxylic acids is 2. The molecule has 0 unspecified atom stereocenters. The van der Waals surface area contributed by atoms with E-state index in [1.54, 1.807) is 0 Å². The van der Waals surface area contributed by atoms with Crippen molar-refractivity contribution in [3.63, 3.8) is 0 Å². The van der Waals surface area contributed by atoms with Crippen LogP contribution in [0, 0.1) is 0 Å². The van der Waals surface area contributed by atoms with Gasteiger partial charge in [0.25, 0.3) is 5.91 Å². The first-order valence-corrected chi connectivity index (χ1v) is 11.0. The van der Waals surface area contributed by atoms with Crippen molar-refractivity contribution in [1.29, 1.82) is 0 Å². The van der Waals surface area contributed by atoms with Crippen LogP contribution in [0.25, 0.3) is 10.9 Å². The molecule has 3 heterocycles. The van der Waals surface area contributed by atoms with Crippen LogP contribution in [0.2, 0.25) is 0 Å². The van der Waals surface area contributed by atoms with Crippen LogP contribution in [0.3, 0.4) is 0 Å². The number of H-pyrrole nitrogens is 1. The molecule has 2 amide bonds. The lowest BCUT2D eigenvalue weighted by atomic mass is 9.85. The van der Waals surface area contributed by atoms with E-state index in [0.29, 0.717) is 18.8 Å². The molecule has 0 aliphatic carbocycles. The molecule has 0 radical (unpaired) electrons. The molecule has 6 rings (SSSR count). The molecule has 1 fully saturated rings. The predicted octanol–water partition coefficient (Wildman–Crippen LogP) is 4.45. The van der Waals surface area contributed by atoms with Gasteiger partial charge in [0.1, 0.15) is 0 Å². The zero-order valence-corrected chi connectivity index (χ0v) is 17.6. The zero-order chi connectivity index (χ0) is 21.7. The lowest BCUT2D eigenvalue weighted by Gasteiger charge is -2.36. The first kappa shape index (κ1) is 19.0. The quantitative estimate of drug-likeness (QED) is 0.498. The molecule has 5 nitrogen and oxygen atoms in total. The molecule has 32 heavy (non-hydrogen) atoms. The second-order valence-electron chi connectivity index (χ2n) is 8.58. The summed E-state index contributed by atoms with van der Waals surface area (Å²) < 4.78 is 0. The number of aromatic amines is 1. The Kier molecular flexibility index (Phi) is 4.44. The van der Waals surface area contributed by atoms with Gasteiger partial charge in [-0.05, 0) is 29.3 Å². The minimum atomic E-state index is -0.450. The van der Waals surface area contributed by atoms with Crippen molar-refractivity contribution in [3.05, 3.63) is 102 Å². The average Bonchev–Trinajstić information content (AvgIpc) is 3.36. The number of rotatable bonds is 3. The molecule has 158 valence electrons. The predicted molar refractivity (Wildman–Crippen MR) is 124 cm³/mol. The molecule has 1 saturated heterocycles. The van der Waals surface area contributed by atoms with Crippen molar-refractivity contribution < 1.29 is 9.59 Å². The molecule has 2 atom stereocenters. The van der Waals surface area contributed by atoms with Gasteiger partial charge in [0.15, 0.2) is 0 Å². The Hall–Kier alpha value is -3.70. The molecule has 3 aromatic carbocycles. The summed E-state index contributed by atoms with van der Waals surface area (Å²) in [6.45, 7) is 1.32. The number of nitrogens with zero attached hydrogens (tertiary/aromatic N) is 2. The highest BCUT2D eigenvalue weighted by Gasteiger charge is 2.45. The number of benzene rings is 3. The van der Waals surface area contributed by atoms with E-state index in [-0.39, 0.29) is 24.2 Å². The summed E-state index contributed by atoms with van der Waals surface area (Å²) in [5.41, 5.74) is 5.41. The molecule has 0 spiro atoms. The lowest BCUT2D eigenvalue weighted by molar-refractivity contribution is -0.123. The van der Waals surface area contributed by atoms with Gasteiger partial charge in [-0.1, -0.05) is 66.7 Å². The molecule has 0 bridgehead atoms. The maximum atomic E-state index is 13.4. The van der Waals surface area contributed by atoms with Gasteiger partial charge in [0.05, 0.1) is 18.2 Å². The summed E-state index contributed by atoms with van der Waals surface area (Å²) in [6, 6.07) is 27.6. The standard InChI is InChI=1S/C27H23N3O2/c31-25-15-24(27(32)30(25)19-11-5-2-6-12-19)29-16-21(18-9-3-1-4-10-18)26-20-13-7-8-14-22(20)28-23(26)17-29/h1-14,21,24,28H,15-17H2/t21-,24+/m0/s1. The summed E-state index contributed by atoms with van der Waals surface area (Å²) in [4.78, 5) is 33.4. The Balaban J connectivity index is 1.40. The van der Waals surface area contributed by atoms with E-state index in [0.717, 1.165) is 11.2 Å². The zero-order valence-electron chi connectivity index (χ0n) is 17.6. The largest absolute Gasteiger partial charge is 0.357 e. The van der Waals surface area contributed by atoms with Crippen LogP contribution in [-0.4, -0.2) is 34.3 Å². The highest BCUT2D eigenvalue weighted by atomic mass is 16.2. The van der Waals surface area contributed by atoms with Crippen LogP contribution < -0.4 is 4.90 Å². The van der Waals surface area contributed by atoms with Crippen LogP contribution in [-0.2, 0) is 16.1 Å². The van der Waals surface area contributed by atoms with E-state index < -0.39 is 6.04 Å². The van der Waals surface area contributed by atoms with Crippen LogP contribution in [0.4, 0.5) is 5.69 Å². The average molecular weight is 422 g/mol. The molecular formula is C27H23N3O2. The highest BCUT2D eigenvalue weighted by Crippen LogP contribution is 2.40. The first-order chi connectivity index (χ1) is 15.7. The summed E-state index contributed by atoms with van der Waals surface area (Å²) >= 11 is 0. The minimum absolute atomic E-state index is 0.129. The van der Waals surface area contributed by atoms with Crippen LogP contribution in [0.15, 0.2) is 84.9 Å². The summed E-state index contributed by atoms with van der Waals surface area (Å²) in [5.74, 6) is -0.137. The van der Waals surface area contributed by atoms with Gasteiger partial charge in [-0.3, -0.25) is 14.5 Å². The van der Waals surface area contributed by atoms with Gasteiger partial charge in [-0.25, -0.2) is 4.90 Å². The fraction of sp³-hybridized carbons (Fsp3) is 0.185. The van der Waals surface area contributed by atoms with Gasteiger partial charge in [-0.2, -0.15) is 0 Å². The maximum Gasteiger partial charge on any atom is 0.251 e. The number of carbonyl (C=O) groups is 2. The Bertz CT molecular complexity index is 1310. The molecule has 2 aliphatic heterocycles. The normalized spacial score (nSPS) is 21.3. The third-order valence-electron chi connectivity index (χ3n) is 6.73. The SMILES string of the molecule is O=C1C[C@@H](N2Cc3[nH]c4ccccc4c3[C@H](c3ccccc3)C2)C(=O)N1c1ccccc1. The van der Waals surface area contributed by atoms with Crippen LogP contribution in [0.1, 0.15) is 29.2 Å². The lowest BCUT2D eigenvalue weighted by Crippen LogP contribution is -2.45. The smallest absolute Gasteiger partial charge is 0.251 e. The molecule has 5 heteroatoms. The monoisotopic (exact) mass is 421 g/mol. The second kappa shape index (κ2) is 7.46. The molecule has 2 aliphatic rings. The van der Waals surface area contributed by atoms with Gasteiger partial charge in [0.2, 0.25) is 5.91 Å². The van der Waals surface area contributed by atoms with Crippen LogP contribution >= 0.6 is 0 Å². The third kappa shape index (κ3) is 2.97. The van der Waals surface area contributed by atoms with Crippen LogP contribution in [0.5, 0.6) is 0 Å². The minimum Gasteiger partial charge on any atom is -0.357 e. The van der Waals surface area contributed by atoms with Crippen molar-refractivity contribution in [3.8, 4) is 0 Å². The van der Waals surface area contributed by atoms with Crippen molar-refractivity contribution in [2.45, 2.75) is 24.9 Å². The van der Waals surface area contributed by atoms with E-state index >= 15 is 0 Å². The van der Waals surface area contributed by atoms with E-state index in [9.17, 15) is 9.59 Å². The number of anilines is 1. The van der Waals surface area contributed by atoms with Crippen molar-refractivity contribution >= 4 is 28.4 Å². The molecule has 1 N–H and O–H groups in total. The molecule has 0 saturated carbocycles.